The Bertz CT molecular complexity index is 398. The third-order valence-corrected chi connectivity index (χ3v) is 3.99. The number of hydrogen-bond donors (Lipinski definition) is 1. The second kappa shape index (κ2) is 14.5. The van der Waals surface area contributed by atoms with Crippen LogP contribution in [0.1, 0.15) is 58.9 Å². The van der Waals surface area contributed by atoms with E-state index in [0.29, 0.717) is 0 Å². The summed E-state index contributed by atoms with van der Waals surface area (Å²) in [7, 11) is 4.19. The SMILES string of the molecule is CCCCN(C)C(C)CCC.CNC/C(C)=C/c1ccccc1. The molecular weight excluding hydrogens is 280 g/mol. The molecule has 1 N–H and O–H groups in total. The maximum atomic E-state index is 3.12. The molecule has 1 rings (SSSR count). The Morgan fingerprint density at radius 1 is 1.17 bits per heavy atom. The molecule has 1 aromatic carbocycles. The van der Waals surface area contributed by atoms with E-state index in [1.54, 1.807) is 0 Å². The minimum absolute atomic E-state index is 0.770. The van der Waals surface area contributed by atoms with Crippen LogP contribution in [0, 0.1) is 0 Å². The van der Waals surface area contributed by atoms with Crippen molar-refractivity contribution in [3.8, 4) is 0 Å². The number of nitrogens with zero attached hydrogens (tertiary/aromatic N) is 1. The molecule has 1 unspecified atom stereocenters. The zero-order valence-electron chi connectivity index (χ0n) is 16.2. The first-order chi connectivity index (χ1) is 11.0. The normalized spacial score (nSPS) is 12.7. The highest BCUT2D eigenvalue weighted by molar-refractivity contribution is 5.52. The summed E-state index contributed by atoms with van der Waals surface area (Å²) in [5.74, 6) is 0. The lowest BCUT2D eigenvalue weighted by Gasteiger charge is -2.23. The Morgan fingerprint density at radius 3 is 2.35 bits per heavy atom. The fourth-order valence-corrected chi connectivity index (χ4v) is 2.43. The van der Waals surface area contributed by atoms with Crippen LogP contribution < -0.4 is 5.32 Å². The molecule has 0 aliphatic heterocycles. The lowest BCUT2D eigenvalue weighted by molar-refractivity contribution is 0.241. The largest absolute Gasteiger partial charge is 0.316 e. The summed E-state index contributed by atoms with van der Waals surface area (Å²) in [6.07, 6.45) is 7.47. The highest BCUT2D eigenvalue weighted by atomic mass is 15.1. The molecule has 0 aromatic heterocycles. The van der Waals surface area contributed by atoms with Gasteiger partial charge in [-0.05, 0) is 52.9 Å². The first kappa shape index (κ1) is 21.9. The number of unbranched alkanes of at least 4 members (excludes halogenated alkanes) is 1. The lowest BCUT2D eigenvalue weighted by Crippen LogP contribution is -2.29. The quantitative estimate of drug-likeness (QED) is 0.672. The summed E-state index contributed by atoms with van der Waals surface area (Å²) in [4.78, 5) is 2.47. The van der Waals surface area contributed by atoms with Crippen molar-refractivity contribution >= 4 is 6.08 Å². The van der Waals surface area contributed by atoms with Crippen LogP contribution in [-0.4, -0.2) is 38.1 Å². The Kier molecular flexibility index (Phi) is 13.8. The number of rotatable bonds is 9. The molecule has 1 atom stereocenters. The second-order valence-electron chi connectivity index (χ2n) is 6.40. The average Bonchev–Trinajstić information content (AvgIpc) is 2.54. The van der Waals surface area contributed by atoms with Gasteiger partial charge < -0.3 is 10.2 Å². The number of nitrogens with one attached hydrogen (secondary N) is 1. The van der Waals surface area contributed by atoms with Crippen LogP contribution >= 0.6 is 0 Å². The topological polar surface area (TPSA) is 15.3 Å². The Balaban J connectivity index is 0.000000423. The van der Waals surface area contributed by atoms with E-state index in [0.717, 1.165) is 12.6 Å². The minimum Gasteiger partial charge on any atom is -0.316 e. The van der Waals surface area contributed by atoms with Gasteiger partial charge >= 0.3 is 0 Å². The van der Waals surface area contributed by atoms with Crippen LogP contribution in [0.3, 0.4) is 0 Å². The number of benzene rings is 1. The maximum absolute atomic E-state index is 3.12. The summed E-state index contributed by atoms with van der Waals surface area (Å²) in [5.41, 5.74) is 2.62. The van der Waals surface area contributed by atoms with Crippen LogP contribution in [0.4, 0.5) is 0 Å². The average molecular weight is 319 g/mol. The molecule has 0 spiro atoms. The molecule has 132 valence electrons. The van der Waals surface area contributed by atoms with Crippen LogP contribution in [0.5, 0.6) is 0 Å². The van der Waals surface area contributed by atoms with Gasteiger partial charge in [0.2, 0.25) is 0 Å². The van der Waals surface area contributed by atoms with E-state index < -0.39 is 0 Å². The molecule has 1 aromatic rings. The van der Waals surface area contributed by atoms with Crippen molar-refractivity contribution in [1.82, 2.24) is 10.2 Å². The van der Waals surface area contributed by atoms with E-state index in [-0.39, 0.29) is 0 Å². The van der Waals surface area contributed by atoms with Crippen LogP contribution in [0.25, 0.3) is 6.08 Å². The van der Waals surface area contributed by atoms with Gasteiger partial charge in [-0.15, -0.1) is 0 Å². The molecule has 0 fully saturated rings. The predicted molar refractivity (Wildman–Crippen MR) is 106 cm³/mol. The van der Waals surface area contributed by atoms with Crippen molar-refractivity contribution in [2.24, 2.45) is 0 Å². The standard InChI is InChI=1S/C11H15N.C10H23N/c1-10(9-12-2)8-11-6-4-3-5-7-11;1-5-7-9-11(4)10(3)8-6-2/h3-8,12H,9H2,1-2H3;10H,5-9H2,1-4H3/b10-8+;. The van der Waals surface area contributed by atoms with Gasteiger partial charge in [0.05, 0.1) is 0 Å². The predicted octanol–water partition coefficient (Wildman–Crippen LogP) is 5.22. The highest BCUT2D eigenvalue weighted by Gasteiger charge is 2.05. The smallest absolute Gasteiger partial charge is 0.0162 e. The summed E-state index contributed by atoms with van der Waals surface area (Å²) >= 11 is 0. The molecule has 23 heavy (non-hydrogen) atoms. The summed E-state index contributed by atoms with van der Waals surface area (Å²) in [6, 6.07) is 11.1. The summed E-state index contributed by atoms with van der Waals surface area (Å²) < 4.78 is 0. The zero-order chi connectivity index (χ0) is 17.5. The molecule has 0 saturated heterocycles. The van der Waals surface area contributed by atoms with Gasteiger partial charge in [0.1, 0.15) is 0 Å². The molecule has 0 radical (unpaired) electrons. The van der Waals surface area contributed by atoms with E-state index >= 15 is 0 Å². The van der Waals surface area contributed by atoms with Crippen molar-refractivity contribution in [2.45, 2.75) is 59.4 Å². The van der Waals surface area contributed by atoms with E-state index in [1.165, 1.54) is 43.4 Å². The molecular formula is C21H38N2. The van der Waals surface area contributed by atoms with Crippen LogP contribution in [-0.2, 0) is 0 Å². The molecule has 0 aliphatic carbocycles. The van der Waals surface area contributed by atoms with Gasteiger partial charge in [-0.2, -0.15) is 0 Å². The van der Waals surface area contributed by atoms with Crippen molar-refractivity contribution in [1.29, 1.82) is 0 Å². The van der Waals surface area contributed by atoms with Crippen molar-refractivity contribution in [3.63, 3.8) is 0 Å². The lowest BCUT2D eigenvalue weighted by atomic mass is 10.1. The Hall–Kier alpha value is -1.12. The summed E-state index contributed by atoms with van der Waals surface area (Å²) in [6.45, 7) is 11.2. The maximum Gasteiger partial charge on any atom is 0.0162 e. The molecule has 2 nitrogen and oxygen atoms in total. The van der Waals surface area contributed by atoms with Crippen LogP contribution in [0.2, 0.25) is 0 Å². The van der Waals surface area contributed by atoms with Gasteiger partial charge in [0, 0.05) is 12.6 Å². The fourth-order valence-electron chi connectivity index (χ4n) is 2.43. The molecule has 0 amide bonds. The second-order valence-corrected chi connectivity index (χ2v) is 6.40. The van der Waals surface area contributed by atoms with E-state index in [1.807, 2.05) is 13.1 Å². The monoisotopic (exact) mass is 318 g/mol. The first-order valence-corrected chi connectivity index (χ1v) is 9.12. The van der Waals surface area contributed by atoms with Gasteiger partial charge in [0.25, 0.3) is 0 Å². The van der Waals surface area contributed by atoms with Crippen LogP contribution in [0.15, 0.2) is 35.9 Å². The summed E-state index contributed by atoms with van der Waals surface area (Å²) in [5, 5.41) is 3.12. The number of likely N-dealkylation sites (N-methyl/N-ethyl adjacent to an activating group) is 1. The Morgan fingerprint density at radius 2 is 1.83 bits per heavy atom. The number of hydrogen-bond acceptors (Lipinski definition) is 2. The van der Waals surface area contributed by atoms with E-state index in [9.17, 15) is 0 Å². The molecule has 0 aliphatic rings. The van der Waals surface area contributed by atoms with E-state index in [4.69, 9.17) is 0 Å². The van der Waals surface area contributed by atoms with Crippen molar-refractivity contribution in [2.75, 3.05) is 27.2 Å². The molecule has 0 saturated carbocycles. The highest BCUT2D eigenvalue weighted by Crippen LogP contribution is 2.05. The molecule has 0 bridgehead atoms. The van der Waals surface area contributed by atoms with Gasteiger partial charge in [-0.25, -0.2) is 0 Å². The fraction of sp³-hybridized carbons (Fsp3) is 0.619. The first-order valence-electron chi connectivity index (χ1n) is 9.12. The van der Waals surface area contributed by atoms with Gasteiger partial charge in [0.15, 0.2) is 0 Å². The Labute approximate surface area is 145 Å². The van der Waals surface area contributed by atoms with Crippen molar-refractivity contribution < 1.29 is 0 Å². The third kappa shape index (κ3) is 12.0. The minimum atomic E-state index is 0.770. The van der Waals surface area contributed by atoms with Gasteiger partial charge in [-0.1, -0.05) is 68.7 Å². The third-order valence-electron chi connectivity index (χ3n) is 3.99. The molecule has 0 heterocycles. The van der Waals surface area contributed by atoms with E-state index in [2.05, 4.69) is 75.3 Å². The zero-order valence-corrected chi connectivity index (χ0v) is 16.2. The molecule has 2 heteroatoms. The van der Waals surface area contributed by atoms with Gasteiger partial charge in [-0.3, -0.25) is 0 Å². The van der Waals surface area contributed by atoms with Crippen molar-refractivity contribution in [3.05, 3.63) is 41.5 Å².